The summed E-state index contributed by atoms with van der Waals surface area (Å²) in [5, 5.41) is 5.69. The fourth-order valence-corrected chi connectivity index (χ4v) is 4.09. The molecule has 1 unspecified atom stereocenters. The molecule has 2 aromatic heterocycles. The highest BCUT2D eigenvalue weighted by molar-refractivity contribution is 7.15. The van der Waals surface area contributed by atoms with Gasteiger partial charge in [0.1, 0.15) is 0 Å². The first-order valence-electron chi connectivity index (χ1n) is 8.66. The van der Waals surface area contributed by atoms with E-state index >= 15 is 0 Å². The van der Waals surface area contributed by atoms with Gasteiger partial charge in [0.15, 0.2) is 4.96 Å². The normalized spacial score (nSPS) is 12.2. The SMILES string of the molecule is CC(NC(=O)Cc1csc2nc(-c3ccccc3)cn12)c1cccc(Cl)c1. The highest BCUT2D eigenvalue weighted by atomic mass is 35.5. The number of benzene rings is 2. The van der Waals surface area contributed by atoms with E-state index in [1.807, 2.05) is 77.5 Å². The Morgan fingerprint density at radius 2 is 2.04 bits per heavy atom. The molecule has 2 aromatic carbocycles. The average molecular weight is 396 g/mol. The van der Waals surface area contributed by atoms with Crippen molar-refractivity contribution in [2.75, 3.05) is 0 Å². The van der Waals surface area contributed by atoms with Gasteiger partial charge in [0.25, 0.3) is 0 Å². The number of fused-ring (bicyclic) bond motifs is 1. The van der Waals surface area contributed by atoms with Crippen LogP contribution in [0.1, 0.15) is 24.2 Å². The van der Waals surface area contributed by atoms with Crippen molar-refractivity contribution in [2.24, 2.45) is 0 Å². The van der Waals surface area contributed by atoms with Gasteiger partial charge in [-0.25, -0.2) is 4.98 Å². The van der Waals surface area contributed by atoms with Crippen LogP contribution in [0.3, 0.4) is 0 Å². The molecule has 1 amide bonds. The molecule has 0 spiro atoms. The largest absolute Gasteiger partial charge is 0.349 e. The first kappa shape index (κ1) is 17.8. The molecule has 0 saturated heterocycles. The monoisotopic (exact) mass is 395 g/mol. The molecule has 0 aliphatic rings. The summed E-state index contributed by atoms with van der Waals surface area (Å²) >= 11 is 7.58. The molecule has 0 aliphatic heterocycles. The standard InChI is InChI=1S/C21H18ClN3OS/c1-14(16-8-5-9-17(22)10-16)23-20(26)11-18-13-27-21-24-19(12-25(18)21)15-6-3-2-4-7-15/h2-10,12-14H,11H2,1H3,(H,23,26). The van der Waals surface area contributed by atoms with Crippen LogP contribution in [0.4, 0.5) is 0 Å². The number of amides is 1. The van der Waals surface area contributed by atoms with Crippen LogP contribution in [-0.4, -0.2) is 15.3 Å². The molecule has 4 nitrogen and oxygen atoms in total. The lowest BCUT2D eigenvalue weighted by atomic mass is 10.1. The number of carbonyl (C=O) groups excluding carboxylic acids is 1. The van der Waals surface area contributed by atoms with Crippen LogP contribution >= 0.6 is 22.9 Å². The lowest BCUT2D eigenvalue weighted by Crippen LogP contribution is -2.28. The van der Waals surface area contributed by atoms with E-state index in [9.17, 15) is 4.79 Å². The van der Waals surface area contributed by atoms with E-state index in [-0.39, 0.29) is 11.9 Å². The van der Waals surface area contributed by atoms with Gasteiger partial charge in [-0.3, -0.25) is 9.20 Å². The van der Waals surface area contributed by atoms with Crippen molar-refractivity contribution in [1.82, 2.24) is 14.7 Å². The van der Waals surface area contributed by atoms with Crippen molar-refractivity contribution < 1.29 is 4.79 Å². The quantitative estimate of drug-likeness (QED) is 0.508. The van der Waals surface area contributed by atoms with E-state index in [0.717, 1.165) is 27.5 Å². The highest BCUT2D eigenvalue weighted by Crippen LogP contribution is 2.24. The Morgan fingerprint density at radius 1 is 1.22 bits per heavy atom. The van der Waals surface area contributed by atoms with Crippen molar-refractivity contribution in [1.29, 1.82) is 0 Å². The Bertz CT molecular complexity index is 1090. The number of hydrogen-bond acceptors (Lipinski definition) is 3. The number of halogens is 1. The Kier molecular flexibility index (Phi) is 4.97. The van der Waals surface area contributed by atoms with Crippen LogP contribution in [-0.2, 0) is 11.2 Å². The number of hydrogen-bond donors (Lipinski definition) is 1. The van der Waals surface area contributed by atoms with Crippen LogP contribution in [0.2, 0.25) is 5.02 Å². The van der Waals surface area contributed by atoms with Gasteiger partial charge in [-0.2, -0.15) is 0 Å². The molecule has 1 N–H and O–H groups in total. The lowest BCUT2D eigenvalue weighted by molar-refractivity contribution is -0.121. The van der Waals surface area contributed by atoms with E-state index in [1.54, 1.807) is 11.3 Å². The zero-order chi connectivity index (χ0) is 18.8. The molecule has 4 rings (SSSR count). The van der Waals surface area contributed by atoms with E-state index in [2.05, 4.69) is 10.3 Å². The van der Waals surface area contributed by atoms with Crippen LogP contribution in [0, 0.1) is 0 Å². The second-order valence-electron chi connectivity index (χ2n) is 6.39. The second-order valence-corrected chi connectivity index (χ2v) is 7.67. The maximum atomic E-state index is 12.5. The maximum Gasteiger partial charge on any atom is 0.226 e. The topological polar surface area (TPSA) is 46.4 Å². The van der Waals surface area contributed by atoms with Gasteiger partial charge < -0.3 is 5.32 Å². The highest BCUT2D eigenvalue weighted by Gasteiger charge is 2.15. The molecule has 27 heavy (non-hydrogen) atoms. The van der Waals surface area contributed by atoms with Crippen LogP contribution < -0.4 is 5.32 Å². The summed E-state index contributed by atoms with van der Waals surface area (Å²) in [5.74, 6) is -0.0304. The molecule has 0 bridgehead atoms. The van der Waals surface area contributed by atoms with Crippen LogP contribution in [0.25, 0.3) is 16.2 Å². The number of thiazole rings is 1. The molecule has 6 heteroatoms. The molecule has 2 heterocycles. The third-order valence-corrected chi connectivity index (χ3v) is 5.54. The summed E-state index contributed by atoms with van der Waals surface area (Å²) in [6, 6.07) is 17.5. The van der Waals surface area contributed by atoms with E-state index in [1.165, 1.54) is 0 Å². The second kappa shape index (κ2) is 7.55. The summed E-state index contributed by atoms with van der Waals surface area (Å²) < 4.78 is 2.00. The van der Waals surface area contributed by atoms with Gasteiger partial charge in [0, 0.05) is 27.9 Å². The minimum absolute atomic E-state index is 0.0304. The summed E-state index contributed by atoms with van der Waals surface area (Å²) in [6.45, 7) is 1.96. The van der Waals surface area contributed by atoms with Gasteiger partial charge in [0.2, 0.25) is 5.91 Å². The zero-order valence-corrected chi connectivity index (χ0v) is 16.3. The van der Waals surface area contributed by atoms with Crippen molar-refractivity contribution in [3.05, 3.63) is 82.5 Å². The number of nitrogens with zero attached hydrogens (tertiary/aromatic N) is 2. The third kappa shape index (κ3) is 3.89. The predicted octanol–water partition coefficient (Wildman–Crippen LogP) is 5.14. The molecular formula is C21H18ClN3OS. The van der Waals surface area contributed by atoms with Crippen molar-refractivity contribution in [3.63, 3.8) is 0 Å². The fraction of sp³-hybridized carbons (Fsp3) is 0.143. The van der Waals surface area contributed by atoms with Gasteiger partial charge in [-0.15, -0.1) is 11.3 Å². The third-order valence-electron chi connectivity index (χ3n) is 4.42. The molecule has 0 saturated carbocycles. The first-order valence-corrected chi connectivity index (χ1v) is 9.91. The molecule has 0 aliphatic carbocycles. The van der Waals surface area contributed by atoms with Gasteiger partial charge in [-0.05, 0) is 24.6 Å². The van der Waals surface area contributed by atoms with E-state index in [4.69, 9.17) is 11.6 Å². The summed E-state index contributed by atoms with van der Waals surface area (Å²) in [6.07, 6.45) is 2.29. The Balaban J connectivity index is 1.50. The Labute approximate surface area is 166 Å². The first-order chi connectivity index (χ1) is 13.1. The molecular weight excluding hydrogens is 378 g/mol. The molecule has 4 aromatic rings. The number of nitrogens with one attached hydrogen (secondary N) is 1. The van der Waals surface area contributed by atoms with Gasteiger partial charge in [-0.1, -0.05) is 54.1 Å². The van der Waals surface area contributed by atoms with Crippen molar-refractivity contribution in [2.45, 2.75) is 19.4 Å². The number of aromatic nitrogens is 2. The maximum absolute atomic E-state index is 12.5. The van der Waals surface area contributed by atoms with E-state index < -0.39 is 0 Å². The molecule has 0 fully saturated rings. The minimum atomic E-state index is -0.104. The Morgan fingerprint density at radius 3 is 2.81 bits per heavy atom. The number of rotatable bonds is 5. The van der Waals surface area contributed by atoms with Gasteiger partial charge in [0.05, 0.1) is 18.2 Å². The molecule has 1 atom stereocenters. The van der Waals surface area contributed by atoms with Crippen molar-refractivity contribution in [3.8, 4) is 11.3 Å². The minimum Gasteiger partial charge on any atom is -0.349 e. The van der Waals surface area contributed by atoms with Crippen molar-refractivity contribution >= 4 is 33.8 Å². The number of imidazole rings is 1. The smallest absolute Gasteiger partial charge is 0.226 e. The Hall–Kier alpha value is -2.63. The van der Waals surface area contributed by atoms with E-state index in [0.29, 0.717) is 11.4 Å². The molecule has 0 radical (unpaired) electrons. The number of carbonyl (C=O) groups is 1. The fourth-order valence-electron chi connectivity index (χ4n) is 3.02. The van der Waals surface area contributed by atoms with Gasteiger partial charge >= 0.3 is 0 Å². The lowest BCUT2D eigenvalue weighted by Gasteiger charge is -2.14. The summed E-state index contributed by atoms with van der Waals surface area (Å²) in [7, 11) is 0. The predicted molar refractivity (Wildman–Crippen MR) is 110 cm³/mol. The zero-order valence-electron chi connectivity index (χ0n) is 14.7. The van der Waals surface area contributed by atoms with Crippen LogP contribution in [0.5, 0.6) is 0 Å². The molecule has 136 valence electrons. The summed E-state index contributed by atoms with van der Waals surface area (Å²) in [4.78, 5) is 18.1. The van der Waals surface area contributed by atoms with Crippen LogP contribution in [0.15, 0.2) is 66.2 Å². The summed E-state index contributed by atoms with van der Waals surface area (Å²) in [5.41, 5.74) is 3.90. The average Bonchev–Trinajstić information content (AvgIpc) is 3.24.